The summed E-state index contributed by atoms with van der Waals surface area (Å²) in [7, 11) is 1.75. The maximum Gasteiger partial charge on any atom is 0.251 e. The minimum atomic E-state index is -0.0479. The Hall–Kier alpha value is -2.08. The number of carbonyl (C=O) groups is 1. The number of nitrogens with one attached hydrogen (secondary N) is 3. The van der Waals surface area contributed by atoms with Crippen LogP contribution in [0.3, 0.4) is 0 Å². The summed E-state index contributed by atoms with van der Waals surface area (Å²) in [6.45, 7) is 9.78. The van der Waals surface area contributed by atoms with E-state index in [2.05, 4.69) is 34.8 Å². The highest BCUT2D eigenvalue weighted by molar-refractivity contribution is 5.94. The largest absolute Gasteiger partial charge is 0.381 e. The standard InChI is InChI=1S/C19H32N4O2/c1-5-21-18(24)17-9-6-8-16(12-17)13-23-19(20-4)22-10-7-11-25-14-15(2)3/h6,8-9,12,15H,5,7,10-11,13-14H2,1-4H3,(H,21,24)(H2,20,22,23). The summed E-state index contributed by atoms with van der Waals surface area (Å²) in [6, 6.07) is 7.59. The van der Waals surface area contributed by atoms with Crippen molar-refractivity contribution in [2.75, 3.05) is 33.4 Å². The predicted molar refractivity (Wildman–Crippen MR) is 103 cm³/mol. The molecule has 0 spiro atoms. The Morgan fingerprint density at radius 1 is 1.24 bits per heavy atom. The van der Waals surface area contributed by atoms with Gasteiger partial charge in [-0.1, -0.05) is 26.0 Å². The van der Waals surface area contributed by atoms with Gasteiger partial charge in [0.05, 0.1) is 0 Å². The maximum absolute atomic E-state index is 11.9. The van der Waals surface area contributed by atoms with Gasteiger partial charge in [-0.3, -0.25) is 9.79 Å². The van der Waals surface area contributed by atoms with Crippen molar-refractivity contribution in [3.05, 3.63) is 35.4 Å². The molecule has 0 fully saturated rings. The van der Waals surface area contributed by atoms with E-state index in [9.17, 15) is 4.79 Å². The number of aliphatic imine (C=N–C) groups is 1. The van der Waals surface area contributed by atoms with Gasteiger partial charge >= 0.3 is 0 Å². The Balaban J connectivity index is 2.35. The van der Waals surface area contributed by atoms with E-state index in [1.807, 2.05) is 31.2 Å². The second-order valence-corrected chi connectivity index (χ2v) is 6.23. The zero-order valence-corrected chi connectivity index (χ0v) is 15.9. The summed E-state index contributed by atoms with van der Waals surface area (Å²) in [5, 5.41) is 9.33. The van der Waals surface area contributed by atoms with Gasteiger partial charge in [0.1, 0.15) is 0 Å². The Labute approximate surface area is 151 Å². The van der Waals surface area contributed by atoms with E-state index in [-0.39, 0.29) is 5.91 Å². The summed E-state index contributed by atoms with van der Waals surface area (Å²) in [6.07, 6.45) is 0.931. The van der Waals surface area contributed by atoms with Gasteiger partial charge in [0.15, 0.2) is 5.96 Å². The fraction of sp³-hybridized carbons (Fsp3) is 0.579. The number of hydrogen-bond donors (Lipinski definition) is 3. The van der Waals surface area contributed by atoms with Gasteiger partial charge in [0.2, 0.25) is 0 Å². The molecule has 1 amide bonds. The highest BCUT2D eigenvalue weighted by Gasteiger charge is 2.05. The number of benzene rings is 1. The third-order valence-corrected chi connectivity index (χ3v) is 3.42. The molecule has 0 saturated carbocycles. The summed E-state index contributed by atoms with van der Waals surface area (Å²) in [4.78, 5) is 16.1. The molecule has 0 bridgehead atoms. The average molecular weight is 348 g/mol. The van der Waals surface area contributed by atoms with E-state index in [1.165, 1.54) is 0 Å². The lowest BCUT2D eigenvalue weighted by Crippen LogP contribution is -2.37. The molecule has 0 aromatic heterocycles. The summed E-state index contributed by atoms with van der Waals surface area (Å²) in [5.74, 6) is 1.26. The normalized spacial score (nSPS) is 11.5. The lowest BCUT2D eigenvalue weighted by atomic mass is 10.1. The molecule has 0 aliphatic heterocycles. The van der Waals surface area contributed by atoms with Gasteiger partial charge in [-0.2, -0.15) is 0 Å². The fourth-order valence-corrected chi connectivity index (χ4v) is 2.19. The molecular weight excluding hydrogens is 316 g/mol. The van der Waals surface area contributed by atoms with Crippen molar-refractivity contribution >= 4 is 11.9 Å². The second-order valence-electron chi connectivity index (χ2n) is 6.23. The van der Waals surface area contributed by atoms with Crippen LogP contribution in [0, 0.1) is 5.92 Å². The highest BCUT2D eigenvalue weighted by Crippen LogP contribution is 2.05. The van der Waals surface area contributed by atoms with Crippen LogP contribution in [-0.2, 0) is 11.3 Å². The van der Waals surface area contributed by atoms with Crippen molar-refractivity contribution in [3.63, 3.8) is 0 Å². The molecule has 0 unspecified atom stereocenters. The first-order chi connectivity index (χ1) is 12.1. The van der Waals surface area contributed by atoms with E-state index in [0.717, 1.165) is 37.7 Å². The Morgan fingerprint density at radius 3 is 2.72 bits per heavy atom. The molecule has 3 N–H and O–H groups in total. The van der Waals surface area contributed by atoms with E-state index in [4.69, 9.17) is 4.74 Å². The lowest BCUT2D eigenvalue weighted by Gasteiger charge is -2.13. The van der Waals surface area contributed by atoms with Crippen LogP contribution in [0.15, 0.2) is 29.3 Å². The zero-order chi connectivity index (χ0) is 18.5. The number of nitrogens with zero attached hydrogens (tertiary/aromatic N) is 1. The van der Waals surface area contributed by atoms with Crippen LogP contribution >= 0.6 is 0 Å². The summed E-state index contributed by atoms with van der Waals surface area (Å²) < 4.78 is 5.56. The summed E-state index contributed by atoms with van der Waals surface area (Å²) >= 11 is 0. The number of amides is 1. The van der Waals surface area contributed by atoms with Crippen LogP contribution in [0.4, 0.5) is 0 Å². The third-order valence-electron chi connectivity index (χ3n) is 3.42. The van der Waals surface area contributed by atoms with Gasteiger partial charge in [-0.15, -0.1) is 0 Å². The van der Waals surface area contributed by atoms with Crippen LogP contribution in [0.1, 0.15) is 43.1 Å². The van der Waals surface area contributed by atoms with Gasteiger partial charge in [0.25, 0.3) is 5.91 Å². The monoisotopic (exact) mass is 348 g/mol. The summed E-state index contributed by atoms with van der Waals surface area (Å²) in [5.41, 5.74) is 1.71. The predicted octanol–water partition coefficient (Wildman–Crippen LogP) is 2.16. The first-order valence-corrected chi connectivity index (χ1v) is 8.96. The average Bonchev–Trinajstić information content (AvgIpc) is 2.60. The van der Waals surface area contributed by atoms with Gasteiger partial charge < -0.3 is 20.7 Å². The topological polar surface area (TPSA) is 74.8 Å². The van der Waals surface area contributed by atoms with Crippen molar-refractivity contribution in [1.82, 2.24) is 16.0 Å². The van der Waals surface area contributed by atoms with E-state index >= 15 is 0 Å². The molecule has 0 radical (unpaired) electrons. The number of guanidine groups is 1. The van der Waals surface area contributed by atoms with Crippen molar-refractivity contribution in [3.8, 4) is 0 Å². The Morgan fingerprint density at radius 2 is 2.04 bits per heavy atom. The van der Waals surface area contributed by atoms with Crippen molar-refractivity contribution in [2.24, 2.45) is 10.9 Å². The van der Waals surface area contributed by atoms with Gasteiger partial charge in [0, 0.05) is 45.5 Å². The zero-order valence-electron chi connectivity index (χ0n) is 15.9. The van der Waals surface area contributed by atoms with Crippen LogP contribution in [0.25, 0.3) is 0 Å². The first-order valence-electron chi connectivity index (χ1n) is 8.96. The molecule has 1 rings (SSSR count). The quantitative estimate of drug-likeness (QED) is 0.344. The lowest BCUT2D eigenvalue weighted by molar-refractivity contribution is 0.0955. The van der Waals surface area contributed by atoms with E-state index in [0.29, 0.717) is 24.6 Å². The Bertz CT molecular complexity index is 544. The molecular formula is C19H32N4O2. The first kappa shape index (κ1) is 21.0. The molecule has 0 saturated heterocycles. The third kappa shape index (κ3) is 9.10. The van der Waals surface area contributed by atoms with Gasteiger partial charge in [-0.05, 0) is 37.0 Å². The fourth-order valence-electron chi connectivity index (χ4n) is 2.19. The minimum absolute atomic E-state index is 0.0479. The molecule has 25 heavy (non-hydrogen) atoms. The van der Waals surface area contributed by atoms with E-state index < -0.39 is 0 Å². The smallest absolute Gasteiger partial charge is 0.251 e. The van der Waals surface area contributed by atoms with E-state index in [1.54, 1.807) is 7.05 Å². The number of hydrogen-bond acceptors (Lipinski definition) is 3. The van der Waals surface area contributed by atoms with Crippen LogP contribution in [0.2, 0.25) is 0 Å². The SMILES string of the molecule is CCNC(=O)c1cccc(CNC(=NC)NCCCOCC(C)C)c1. The molecule has 6 nitrogen and oxygen atoms in total. The van der Waals surface area contributed by atoms with Crippen molar-refractivity contribution < 1.29 is 9.53 Å². The molecule has 0 aliphatic carbocycles. The van der Waals surface area contributed by atoms with Crippen LogP contribution < -0.4 is 16.0 Å². The second kappa shape index (κ2) is 12.3. The molecule has 0 aliphatic rings. The molecule has 1 aromatic rings. The van der Waals surface area contributed by atoms with Gasteiger partial charge in [-0.25, -0.2) is 0 Å². The molecule has 0 heterocycles. The highest BCUT2D eigenvalue weighted by atomic mass is 16.5. The van der Waals surface area contributed by atoms with Crippen molar-refractivity contribution in [2.45, 2.75) is 33.7 Å². The Kier molecular flexibility index (Phi) is 10.3. The number of ether oxygens (including phenoxy) is 1. The van der Waals surface area contributed by atoms with Crippen molar-refractivity contribution in [1.29, 1.82) is 0 Å². The maximum atomic E-state index is 11.9. The van der Waals surface area contributed by atoms with Crippen LogP contribution in [-0.4, -0.2) is 45.2 Å². The number of rotatable bonds is 10. The molecule has 0 atom stereocenters. The minimum Gasteiger partial charge on any atom is -0.381 e. The number of carbonyl (C=O) groups excluding carboxylic acids is 1. The molecule has 6 heteroatoms. The molecule has 1 aromatic carbocycles. The molecule has 140 valence electrons. The van der Waals surface area contributed by atoms with Crippen LogP contribution in [0.5, 0.6) is 0 Å².